The molecule has 0 aliphatic rings. The fourth-order valence-electron chi connectivity index (χ4n) is 3.46. The first-order valence-corrected chi connectivity index (χ1v) is 13.5. The van der Waals surface area contributed by atoms with Crippen LogP contribution in [-0.4, -0.2) is 44.9 Å². The predicted molar refractivity (Wildman–Crippen MR) is 124 cm³/mol. The van der Waals surface area contributed by atoms with Crippen LogP contribution >= 0.6 is 0 Å². The molecule has 0 fully saturated rings. The van der Waals surface area contributed by atoms with E-state index >= 15 is 0 Å². The van der Waals surface area contributed by atoms with Crippen molar-refractivity contribution in [2.45, 2.75) is 36.5 Å². The summed E-state index contributed by atoms with van der Waals surface area (Å²) < 4.78 is 53.9. The van der Waals surface area contributed by atoms with Crippen molar-refractivity contribution in [3.8, 4) is 0 Å². The first-order chi connectivity index (χ1) is 15.2. The van der Waals surface area contributed by atoms with Crippen LogP contribution in [0.4, 0.5) is 0 Å². The van der Waals surface area contributed by atoms with Gasteiger partial charge in [0.15, 0.2) is 19.7 Å². The molecule has 0 aliphatic carbocycles. The monoisotopic (exact) mass is 475 g/mol. The molecule has 0 radical (unpaired) electrons. The van der Waals surface area contributed by atoms with Crippen LogP contribution in [0.5, 0.6) is 0 Å². The Hall–Kier alpha value is -2.98. The maximum atomic E-state index is 13.2. The van der Waals surface area contributed by atoms with E-state index in [9.17, 15) is 21.6 Å². The number of pyridine rings is 1. The third kappa shape index (κ3) is 4.76. The highest BCUT2D eigenvalue weighted by molar-refractivity contribution is 7.94. The van der Waals surface area contributed by atoms with E-state index in [2.05, 4.69) is 10.5 Å². The van der Waals surface area contributed by atoms with Gasteiger partial charge in [-0.1, -0.05) is 50.2 Å². The van der Waals surface area contributed by atoms with Gasteiger partial charge in [-0.3, -0.25) is 4.79 Å². The summed E-state index contributed by atoms with van der Waals surface area (Å²) in [5.41, 5.74) is 2.95. The second-order valence-electron chi connectivity index (χ2n) is 7.21. The number of carbonyl (C=O) groups is 1. The largest absolute Gasteiger partial charge is 0.310 e. The summed E-state index contributed by atoms with van der Waals surface area (Å²) in [4.78, 5) is 12.3. The fourth-order valence-corrected chi connectivity index (χ4v) is 7.44. The van der Waals surface area contributed by atoms with E-state index in [1.807, 2.05) is 18.2 Å². The van der Waals surface area contributed by atoms with Gasteiger partial charge in [-0.15, -0.1) is 0 Å². The predicted octanol–water partition coefficient (Wildman–Crippen LogP) is 3.07. The average Bonchev–Trinajstić information content (AvgIpc) is 3.12. The molecule has 8 nitrogen and oxygen atoms in total. The molecule has 1 amide bonds. The van der Waals surface area contributed by atoms with E-state index in [-0.39, 0.29) is 34.0 Å². The van der Waals surface area contributed by atoms with Crippen molar-refractivity contribution in [1.29, 1.82) is 0 Å². The lowest BCUT2D eigenvalue weighted by atomic mass is 10.2. The molecule has 0 bridgehead atoms. The highest BCUT2D eigenvalue weighted by atomic mass is 32.2. The van der Waals surface area contributed by atoms with Gasteiger partial charge in [-0.05, 0) is 30.5 Å². The molecule has 2 heterocycles. The maximum Gasteiger partial charge on any atom is 0.289 e. The van der Waals surface area contributed by atoms with Crippen LogP contribution in [0.3, 0.4) is 0 Å². The standard InChI is InChI=1S/C22H25N3O5S2/c1-3-14-31(27,28)20-18-12-8-9-13-25(18)19(21(20)32(29,30)15-4-2)22(26)24-23-16-17-10-6-5-7-11-17/h5-13,16H,3-4,14-15H2,1-2H3,(H,24,26)/b23-16+. The van der Waals surface area contributed by atoms with Crippen molar-refractivity contribution >= 4 is 37.3 Å². The molecular formula is C22H25N3O5S2. The quantitative estimate of drug-likeness (QED) is 0.377. The Morgan fingerprint density at radius 3 is 2.12 bits per heavy atom. The molecule has 0 spiro atoms. The molecular weight excluding hydrogens is 450 g/mol. The number of aromatic nitrogens is 1. The zero-order valence-electron chi connectivity index (χ0n) is 17.9. The number of rotatable bonds is 9. The Morgan fingerprint density at radius 2 is 1.50 bits per heavy atom. The SMILES string of the molecule is CCCS(=O)(=O)c1c(S(=O)(=O)CCC)c2ccccn2c1C(=O)N/N=C/c1ccccc1. The van der Waals surface area contributed by atoms with Crippen LogP contribution in [0.15, 0.2) is 69.6 Å². The van der Waals surface area contributed by atoms with Crippen molar-refractivity contribution in [2.75, 3.05) is 11.5 Å². The summed E-state index contributed by atoms with van der Waals surface area (Å²) >= 11 is 0. The van der Waals surface area contributed by atoms with E-state index in [1.165, 1.54) is 22.9 Å². The molecule has 1 aromatic carbocycles. The van der Waals surface area contributed by atoms with E-state index in [0.29, 0.717) is 6.42 Å². The van der Waals surface area contributed by atoms with Crippen LogP contribution in [-0.2, 0) is 19.7 Å². The molecule has 3 rings (SSSR count). The summed E-state index contributed by atoms with van der Waals surface area (Å²) in [7, 11) is -8.03. The lowest BCUT2D eigenvalue weighted by molar-refractivity contribution is 0.0945. The van der Waals surface area contributed by atoms with Gasteiger partial charge in [-0.25, -0.2) is 22.3 Å². The van der Waals surface area contributed by atoms with Crippen LogP contribution in [0.1, 0.15) is 42.7 Å². The fraction of sp³-hybridized carbons (Fsp3) is 0.273. The van der Waals surface area contributed by atoms with Gasteiger partial charge < -0.3 is 4.40 Å². The average molecular weight is 476 g/mol. The number of hydrogen-bond donors (Lipinski definition) is 1. The van der Waals surface area contributed by atoms with Gasteiger partial charge >= 0.3 is 0 Å². The van der Waals surface area contributed by atoms with Gasteiger partial charge in [-0.2, -0.15) is 5.10 Å². The minimum Gasteiger partial charge on any atom is -0.310 e. The van der Waals surface area contributed by atoms with Crippen LogP contribution < -0.4 is 5.43 Å². The van der Waals surface area contributed by atoms with Gasteiger partial charge in [0.05, 0.1) is 23.2 Å². The molecule has 0 saturated heterocycles. The Labute approximate surface area is 187 Å². The normalized spacial score (nSPS) is 12.4. The Bertz CT molecular complexity index is 1360. The number of nitrogens with one attached hydrogen (secondary N) is 1. The van der Waals surface area contributed by atoms with E-state index in [4.69, 9.17) is 0 Å². The molecule has 3 aromatic rings. The highest BCUT2D eigenvalue weighted by Crippen LogP contribution is 2.34. The number of carbonyl (C=O) groups excluding carboxylic acids is 1. The highest BCUT2D eigenvalue weighted by Gasteiger charge is 2.36. The topological polar surface area (TPSA) is 114 Å². The zero-order chi connectivity index (χ0) is 23.4. The first kappa shape index (κ1) is 23.7. The van der Waals surface area contributed by atoms with Crippen LogP contribution in [0.2, 0.25) is 0 Å². The molecule has 2 aromatic heterocycles. The molecule has 10 heteroatoms. The number of amides is 1. The number of sulfone groups is 2. The summed E-state index contributed by atoms with van der Waals surface area (Å²) in [5.74, 6) is -1.33. The van der Waals surface area contributed by atoms with Gasteiger partial charge in [0.1, 0.15) is 15.5 Å². The third-order valence-corrected chi connectivity index (χ3v) is 8.79. The molecule has 0 atom stereocenters. The molecule has 170 valence electrons. The Morgan fingerprint density at radius 1 is 0.906 bits per heavy atom. The van der Waals surface area contributed by atoms with Crippen molar-refractivity contribution < 1.29 is 21.6 Å². The summed E-state index contributed by atoms with van der Waals surface area (Å²) in [6, 6.07) is 13.7. The summed E-state index contributed by atoms with van der Waals surface area (Å²) in [6.45, 7) is 3.37. The number of nitrogens with zero attached hydrogens (tertiary/aromatic N) is 2. The second-order valence-corrected chi connectivity index (χ2v) is 11.3. The molecule has 32 heavy (non-hydrogen) atoms. The molecule has 0 aliphatic heterocycles. The summed E-state index contributed by atoms with van der Waals surface area (Å²) in [6.07, 6.45) is 3.47. The lowest BCUT2D eigenvalue weighted by Crippen LogP contribution is -2.23. The first-order valence-electron chi connectivity index (χ1n) is 10.2. The van der Waals surface area contributed by atoms with Gasteiger partial charge in [0.25, 0.3) is 5.91 Å². The maximum absolute atomic E-state index is 13.2. The smallest absolute Gasteiger partial charge is 0.289 e. The van der Waals surface area contributed by atoms with Gasteiger partial charge in [0.2, 0.25) is 0 Å². The van der Waals surface area contributed by atoms with Crippen molar-refractivity contribution in [1.82, 2.24) is 9.83 Å². The summed E-state index contributed by atoms with van der Waals surface area (Å²) in [5, 5.41) is 3.92. The molecule has 0 unspecified atom stereocenters. The molecule has 1 N–H and O–H groups in total. The number of fused-ring (bicyclic) bond motifs is 1. The number of hydrogen-bond acceptors (Lipinski definition) is 6. The zero-order valence-corrected chi connectivity index (χ0v) is 19.5. The van der Waals surface area contributed by atoms with E-state index in [0.717, 1.165) is 5.56 Å². The minimum absolute atomic E-state index is 0.146. The second kappa shape index (κ2) is 9.66. The Kier molecular flexibility index (Phi) is 7.15. The number of hydrazone groups is 1. The lowest BCUT2D eigenvalue weighted by Gasteiger charge is -2.08. The van der Waals surface area contributed by atoms with Crippen molar-refractivity contribution in [2.24, 2.45) is 5.10 Å². The van der Waals surface area contributed by atoms with Crippen molar-refractivity contribution in [3.63, 3.8) is 0 Å². The van der Waals surface area contributed by atoms with Gasteiger partial charge in [0, 0.05) is 6.20 Å². The van der Waals surface area contributed by atoms with Crippen molar-refractivity contribution in [3.05, 3.63) is 66.0 Å². The minimum atomic E-state index is -4.07. The number of benzene rings is 1. The van der Waals surface area contributed by atoms with Crippen LogP contribution in [0.25, 0.3) is 5.52 Å². The van der Waals surface area contributed by atoms with Crippen LogP contribution in [0, 0.1) is 0 Å². The van der Waals surface area contributed by atoms with E-state index < -0.39 is 30.5 Å². The third-order valence-electron chi connectivity index (χ3n) is 4.72. The molecule has 0 saturated carbocycles. The Balaban J connectivity index is 2.23. The van der Waals surface area contributed by atoms with E-state index in [1.54, 1.807) is 38.1 Å².